The van der Waals surface area contributed by atoms with Crippen LogP contribution in [0.5, 0.6) is 0 Å². The number of hydrogen-bond acceptors (Lipinski definition) is 2. The van der Waals surface area contributed by atoms with E-state index in [4.69, 9.17) is 0 Å². The molecule has 1 heterocycles. The summed E-state index contributed by atoms with van der Waals surface area (Å²) in [6.07, 6.45) is 11.2. The molecule has 1 saturated heterocycles. The number of likely N-dealkylation sites (tertiary alicyclic amines) is 1. The Morgan fingerprint density at radius 3 is 2.81 bits per heavy atom. The van der Waals surface area contributed by atoms with Crippen molar-refractivity contribution in [3.05, 3.63) is 23.8 Å². The van der Waals surface area contributed by atoms with Gasteiger partial charge in [0, 0.05) is 6.54 Å². The molecule has 0 radical (unpaired) electrons. The van der Waals surface area contributed by atoms with Crippen LogP contribution in [0.2, 0.25) is 0 Å². The maximum atomic E-state index is 9.31. The molecule has 2 heteroatoms. The van der Waals surface area contributed by atoms with Crippen molar-refractivity contribution < 1.29 is 0 Å². The van der Waals surface area contributed by atoms with Crippen LogP contribution in [0.4, 0.5) is 0 Å². The van der Waals surface area contributed by atoms with Gasteiger partial charge in [0.25, 0.3) is 0 Å². The lowest BCUT2D eigenvalue weighted by molar-refractivity contribution is 0.235. The number of nitrogens with zero attached hydrogens (tertiary/aromatic N) is 2. The van der Waals surface area contributed by atoms with Gasteiger partial charge in [0.15, 0.2) is 0 Å². The first-order chi connectivity index (χ1) is 7.74. The largest absolute Gasteiger partial charge is 0.299 e. The van der Waals surface area contributed by atoms with Gasteiger partial charge in [-0.25, -0.2) is 0 Å². The fourth-order valence-electron chi connectivity index (χ4n) is 2.51. The van der Waals surface area contributed by atoms with Crippen molar-refractivity contribution in [1.82, 2.24) is 4.90 Å². The van der Waals surface area contributed by atoms with Crippen LogP contribution in [0.1, 0.15) is 32.6 Å². The van der Waals surface area contributed by atoms with E-state index in [0.717, 1.165) is 13.0 Å². The summed E-state index contributed by atoms with van der Waals surface area (Å²) in [5.41, 5.74) is 1.02. The first kappa shape index (κ1) is 11.4. The van der Waals surface area contributed by atoms with Gasteiger partial charge in [-0.3, -0.25) is 4.90 Å². The minimum atomic E-state index is -0.272. The highest BCUT2D eigenvalue weighted by Crippen LogP contribution is 2.34. The van der Waals surface area contributed by atoms with Gasteiger partial charge >= 0.3 is 0 Å². The van der Waals surface area contributed by atoms with Crippen molar-refractivity contribution in [2.75, 3.05) is 19.6 Å². The molecular weight excluding hydrogens is 196 g/mol. The SMILES string of the molecule is CC1(C#N)CC=CC=C1CN1CCCCC1. The topological polar surface area (TPSA) is 27.0 Å². The van der Waals surface area contributed by atoms with Crippen LogP contribution in [-0.2, 0) is 0 Å². The third kappa shape index (κ3) is 2.36. The van der Waals surface area contributed by atoms with Crippen LogP contribution >= 0.6 is 0 Å². The second-order valence-electron chi connectivity index (χ2n) is 5.10. The molecule has 0 aromatic carbocycles. The Labute approximate surface area is 98.2 Å². The molecule has 16 heavy (non-hydrogen) atoms. The van der Waals surface area contributed by atoms with Gasteiger partial charge in [-0.2, -0.15) is 5.26 Å². The Bertz CT molecular complexity index is 342. The zero-order valence-electron chi connectivity index (χ0n) is 10.1. The van der Waals surface area contributed by atoms with Gasteiger partial charge in [-0.05, 0) is 44.8 Å². The molecule has 2 nitrogen and oxygen atoms in total. The zero-order valence-corrected chi connectivity index (χ0v) is 10.1. The fourth-order valence-corrected chi connectivity index (χ4v) is 2.51. The summed E-state index contributed by atoms with van der Waals surface area (Å²) in [5.74, 6) is 0. The zero-order chi connectivity index (χ0) is 11.4. The lowest BCUT2D eigenvalue weighted by atomic mass is 9.77. The standard InChI is InChI=1S/C14H20N2/c1-14(12-15)8-4-3-7-13(14)11-16-9-5-2-6-10-16/h3-4,7H,2,5-6,8-11H2,1H3. The van der Waals surface area contributed by atoms with Crippen molar-refractivity contribution in [1.29, 1.82) is 5.26 Å². The highest BCUT2D eigenvalue weighted by molar-refractivity contribution is 5.32. The Morgan fingerprint density at radius 1 is 1.38 bits per heavy atom. The lowest BCUT2D eigenvalue weighted by Crippen LogP contribution is -2.35. The molecular formula is C14H20N2. The molecule has 86 valence electrons. The normalized spacial score (nSPS) is 30.9. The maximum Gasteiger partial charge on any atom is 0.0804 e. The number of hydrogen-bond donors (Lipinski definition) is 0. The van der Waals surface area contributed by atoms with Crippen molar-refractivity contribution in [2.24, 2.45) is 5.41 Å². The molecule has 1 aliphatic heterocycles. The monoisotopic (exact) mass is 216 g/mol. The maximum absolute atomic E-state index is 9.31. The van der Waals surface area contributed by atoms with E-state index in [1.165, 1.54) is 37.9 Å². The Balaban J connectivity index is 2.04. The van der Waals surface area contributed by atoms with E-state index in [2.05, 4.69) is 36.1 Å². The van der Waals surface area contributed by atoms with Crippen LogP contribution in [-0.4, -0.2) is 24.5 Å². The van der Waals surface area contributed by atoms with Gasteiger partial charge in [-0.15, -0.1) is 0 Å². The van der Waals surface area contributed by atoms with Gasteiger partial charge in [0.2, 0.25) is 0 Å². The van der Waals surface area contributed by atoms with Crippen molar-refractivity contribution in [3.63, 3.8) is 0 Å². The minimum absolute atomic E-state index is 0.272. The van der Waals surface area contributed by atoms with E-state index in [1.54, 1.807) is 0 Å². The van der Waals surface area contributed by atoms with Crippen molar-refractivity contribution >= 4 is 0 Å². The first-order valence-corrected chi connectivity index (χ1v) is 6.24. The molecule has 0 spiro atoms. The summed E-state index contributed by atoms with van der Waals surface area (Å²) in [5, 5.41) is 9.31. The van der Waals surface area contributed by atoms with Gasteiger partial charge < -0.3 is 0 Å². The second kappa shape index (κ2) is 4.84. The molecule has 1 atom stereocenters. The summed E-state index contributed by atoms with van der Waals surface area (Å²) in [6, 6.07) is 2.47. The van der Waals surface area contributed by atoms with Crippen molar-refractivity contribution in [3.8, 4) is 6.07 Å². The number of nitriles is 1. The van der Waals surface area contributed by atoms with Crippen LogP contribution in [0.15, 0.2) is 23.8 Å². The summed E-state index contributed by atoms with van der Waals surface area (Å²) in [7, 11) is 0. The number of piperidine rings is 1. The van der Waals surface area contributed by atoms with Crippen LogP contribution in [0, 0.1) is 16.7 Å². The van der Waals surface area contributed by atoms with Gasteiger partial charge in [0.1, 0.15) is 0 Å². The highest BCUT2D eigenvalue weighted by atomic mass is 15.1. The first-order valence-electron chi connectivity index (χ1n) is 6.24. The molecule has 0 saturated carbocycles. The van der Waals surface area contributed by atoms with Gasteiger partial charge in [-0.1, -0.05) is 24.6 Å². The quantitative estimate of drug-likeness (QED) is 0.709. The molecule has 0 bridgehead atoms. The van der Waals surface area contributed by atoms with Crippen LogP contribution < -0.4 is 0 Å². The summed E-state index contributed by atoms with van der Waals surface area (Å²) in [6.45, 7) is 5.44. The summed E-state index contributed by atoms with van der Waals surface area (Å²) < 4.78 is 0. The smallest absolute Gasteiger partial charge is 0.0804 e. The molecule has 0 aromatic heterocycles. The second-order valence-corrected chi connectivity index (χ2v) is 5.10. The summed E-state index contributed by atoms with van der Waals surface area (Å²) >= 11 is 0. The predicted molar refractivity (Wildman–Crippen MR) is 65.9 cm³/mol. The minimum Gasteiger partial charge on any atom is -0.299 e. The molecule has 0 amide bonds. The third-order valence-corrected chi connectivity index (χ3v) is 3.76. The number of allylic oxidation sites excluding steroid dienone is 3. The molecule has 0 aromatic rings. The lowest BCUT2D eigenvalue weighted by Gasteiger charge is -2.33. The van der Waals surface area contributed by atoms with E-state index < -0.39 is 0 Å². The van der Waals surface area contributed by atoms with Crippen LogP contribution in [0.3, 0.4) is 0 Å². The third-order valence-electron chi connectivity index (χ3n) is 3.76. The van der Waals surface area contributed by atoms with E-state index >= 15 is 0 Å². The van der Waals surface area contributed by atoms with E-state index in [9.17, 15) is 5.26 Å². The Kier molecular flexibility index (Phi) is 3.46. The average Bonchev–Trinajstić information content (AvgIpc) is 2.34. The summed E-state index contributed by atoms with van der Waals surface area (Å²) in [4.78, 5) is 2.49. The van der Waals surface area contributed by atoms with E-state index in [-0.39, 0.29) is 5.41 Å². The van der Waals surface area contributed by atoms with Crippen LogP contribution in [0.25, 0.3) is 0 Å². The molecule has 2 rings (SSSR count). The van der Waals surface area contributed by atoms with Crippen molar-refractivity contribution in [2.45, 2.75) is 32.6 Å². The van der Waals surface area contributed by atoms with E-state index in [0.29, 0.717) is 0 Å². The molecule has 1 aliphatic carbocycles. The molecule has 1 unspecified atom stereocenters. The predicted octanol–water partition coefficient (Wildman–Crippen LogP) is 2.89. The highest BCUT2D eigenvalue weighted by Gasteiger charge is 2.30. The van der Waals surface area contributed by atoms with E-state index in [1.807, 2.05) is 0 Å². The number of rotatable bonds is 2. The molecule has 2 aliphatic rings. The fraction of sp³-hybridized carbons (Fsp3) is 0.643. The Morgan fingerprint density at radius 2 is 2.12 bits per heavy atom. The average molecular weight is 216 g/mol. The molecule has 1 fully saturated rings. The molecule has 0 N–H and O–H groups in total. The van der Waals surface area contributed by atoms with Gasteiger partial charge in [0.05, 0.1) is 11.5 Å². The Hall–Kier alpha value is -1.07.